The van der Waals surface area contributed by atoms with Crippen LogP contribution in [0.1, 0.15) is 13.8 Å². The van der Waals surface area contributed by atoms with Gasteiger partial charge in [-0.3, -0.25) is 0 Å². The van der Waals surface area contributed by atoms with Crippen LogP contribution >= 0.6 is 22.9 Å². The van der Waals surface area contributed by atoms with Crippen molar-refractivity contribution in [3.63, 3.8) is 0 Å². The van der Waals surface area contributed by atoms with Gasteiger partial charge in [-0.05, 0) is 32.0 Å². The summed E-state index contributed by atoms with van der Waals surface area (Å²) >= 11 is 7.60. The Morgan fingerprint density at radius 3 is 2.75 bits per heavy atom. The van der Waals surface area contributed by atoms with Crippen molar-refractivity contribution in [2.45, 2.75) is 20.0 Å². The molecule has 0 aliphatic carbocycles. The molecule has 0 aliphatic rings. The molecule has 1 heterocycles. The summed E-state index contributed by atoms with van der Waals surface area (Å²) in [4.78, 5) is 0. The van der Waals surface area contributed by atoms with E-state index in [2.05, 4.69) is 10.2 Å². The van der Waals surface area contributed by atoms with Crippen LogP contribution in [0.25, 0.3) is 10.6 Å². The van der Waals surface area contributed by atoms with E-state index in [1.165, 1.54) is 11.3 Å². The first-order valence-electron chi connectivity index (χ1n) is 4.89. The van der Waals surface area contributed by atoms with Crippen LogP contribution in [0.4, 0.5) is 0 Å². The second-order valence-electron chi connectivity index (χ2n) is 3.56. The standard InChI is InChI=1S/C11H11ClN2OS/c1-7(2)15-10-4-3-8(5-9(10)12)11-14-13-6-16-11/h3-7H,1-2H3. The molecule has 0 fully saturated rings. The number of hydrogen-bond donors (Lipinski definition) is 0. The molecule has 84 valence electrons. The first-order valence-corrected chi connectivity index (χ1v) is 6.15. The fraction of sp³-hybridized carbons (Fsp3) is 0.273. The molecule has 0 bridgehead atoms. The highest BCUT2D eigenvalue weighted by molar-refractivity contribution is 7.12. The Labute approximate surface area is 103 Å². The van der Waals surface area contributed by atoms with Crippen LogP contribution in [0.3, 0.4) is 0 Å². The third-order valence-corrected chi connectivity index (χ3v) is 2.94. The minimum Gasteiger partial charge on any atom is -0.489 e. The smallest absolute Gasteiger partial charge is 0.147 e. The zero-order chi connectivity index (χ0) is 11.5. The molecule has 0 unspecified atom stereocenters. The number of halogens is 1. The summed E-state index contributed by atoms with van der Waals surface area (Å²) in [5, 5.41) is 9.24. The van der Waals surface area contributed by atoms with Crippen LogP contribution in [0.15, 0.2) is 23.7 Å². The van der Waals surface area contributed by atoms with Gasteiger partial charge in [0, 0.05) is 5.56 Å². The van der Waals surface area contributed by atoms with Gasteiger partial charge in [-0.25, -0.2) is 0 Å². The lowest BCUT2D eigenvalue weighted by Crippen LogP contribution is -2.05. The number of hydrogen-bond acceptors (Lipinski definition) is 4. The van der Waals surface area contributed by atoms with E-state index in [4.69, 9.17) is 16.3 Å². The zero-order valence-electron chi connectivity index (χ0n) is 8.98. The molecule has 2 aromatic rings. The monoisotopic (exact) mass is 254 g/mol. The van der Waals surface area contributed by atoms with Gasteiger partial charge in [0.05, 0.1) is 11.1 Å². The molecule has 1 aromatic heterocycles. The average molecular weight is 255 g/mol. The van der Waals surface area contributed by atoms with Crippen LogP contribution < -0.4 is 4.74 Å². The van der Waals surface area contributed by atoms with Crippen LogP contribution in [0.5, 0.6) is 5.75 Å². The lowest BCUT2D eigenvalue weighted by molar-refractivity contribution is 0.242. The van der Waals surface area contributed by atoms with Gasteiger partial charge in [0.2, 0.25) is 0 Å². The molecule has 0 atom stereocenters. The van der Waals surface area contributed by atoms with Crippen molar-refractivity contribution in [2.75, 3.05) is 0 Å². The molecule has 2 rings (SSSR count). The highest BCUT2D eigenvalue weighted by Crippen LogP contribution is 2.31. The largest absolute Gasteiger partial charge is 0.489 e. The van der Waals surface area contributed by atoms with Crippen molar-refractivity contribution >= 4 is 22.9 Å². The molecule has 0 N–H and O–H groups in total. The summed E-state index contributed by atoms with van der Waals surface area (Å²) in [6, 6.07) is 5.64. The molecule has 1 aromatic carbocycles. The minimum atomic E-state index is 0.116. The number of benzene rings is 1. The predicted molar refractivity (Wildman–Crippen MR) is 66.1 cm³/mol. The lowest BCUT2D eigenvalue weighted by Gasteiger charge is -2.11. The van der Waals surface area contributed by atoms with Crippen molar-refractivity contribution in [3.8, 4) is 16.3 Å². The van der Waals surface area contributed by atoms with Crippen LogP contribution in [-0.2, 0) is 0 Å². The van der Waals surface area contributed by atoms with Gasteiger partial charge in [0.15, 0.2) is 0 Å². The van der Waals surface area contributed by atoms with Crippen LogP contribution in [0.2, 0.25) is 5.02 Å². The number of rotatable bonds is 3. The summed E-state index contributed by atoms with van der Waals surface area (Å²) in [7, 11) is 0. The van der Waals surface area contributed by atoms with Crippen molar-refractivity contribution in [3.05, 3.63) is 28.7 Å². The third-order valence-electron chi connectivity index (χ3n) is 1.90. The van der Waals surface area contributed by atoms with E-state index in [0.29, 0.717) is 10.8 Å². The summed E-state index contributed by atoms with van der Waals surface area (Å²) in [6.07, 6.45) is 0.116. The number of aromatic nitrogens is 2. The van der Waals surface area contributed by atoms with E-state index in [-0.39, 0.29) is 6.10 Å². The number of ether oxygens (including phenoxy) is 1. The lowest BCUT2D eigenvalue weighted by atomic mass is 10.2. The summed E-state index contributed by atoms with van der Waals surface area (Å²) in [6.45, 7) is 3.93. The normalized spacial score (nSPS) is 10.8. The second kappa shape index (κ2) is 4.80. The van der Waals surface area contributed by atoms with Crippen molar-refractivity contribution in [1.82, 2.24) is 10.2 Å². The molecular formula is C11H11ClN2OS. The fourth-order valence-corrected chi connectivity index (χ4v) is 2.06. The van der Waals surface area contributed by atoms with Gasteiger partial charge in [0.1, 0.15) is 16.3 Å². The fourth-order valence-electron chi connectivity index (χ4n) is 1.28. The topological polar surface area (TPSA) is 35.0 Å². The summed E-state index contributed by atoms with van der Waals surface area (Å²) in [5.41, 5.74) is 2.66. The van der Waals surface area contributed by atoms with Gasteiger partial charge in [-0.2, -0.15) is 0 Å². The Morgan fingerprint density at radius 2 is 2.19 bits per heavy atom. The van der Waals surface area contributed by atoms with Gasteiger partial charge >= 0.3 is 0 Å². The predicted octanol–water partition coefficient (Wildman–Crippen LogP) is 3.65. The Balaban J connectivity index is 2.29. The first-order chi connectivity index (χ1) is 7.66. The average Bonchev–Trinajstić information content (AvgIpc) is 2.73. The van der Waals surface area contributed by atoms with Crippen LogP contribution in [-0.4, -0.2) is 16.3 Å². The van der Waals surface area contributed by atoms with Gasteiger partial charge < -0.3 is 4.74 Å². The van der Waals surface area contributed by atoms with E-state index in [1.54, 1.807) is 5.51 Å². The maximum absolute atomic E-state index is 6.12. The van der Waals surface area contributed by atoms with Gasteiger partial charge in [-0.15, -0.1) is 10.2 Å². The van der Waals surface area contributed by atoms with E-state index >= 15 is 0 Å². The molecule has 3 nitrogen and oxygen atoms in total. The summed E-state index contributed by atoms with van der Waals surface area (Å²) < 4.78 is 5.55. The van der Waals surface area contributed by atoms with Crippen molar-refractivity contribution < 1.29 is 4.74 Å². The van der Waals surface area contributed by atoms with E-state index < -0.39 is 0 Å². The zero-order valence-corrected chi connectivity index (χ0v) is 10.5. The van der Waals surface area contributed by atoms with E-state index in [0.717, 1.165) is 10.6 Å². The molecule has 0 aliphatic heterocycles. The molecular weight excluding hydrogens is 244 g/mol. The highest BCUT2D eigenvalue weighted by atomic mass is 35.5. The molecule has 0 radical (unpaired) electrons. The Morgan fingerprint density at radius 1 is 1.38 bits per heavy atom. The first kappa shape index (κ1) is 11.4. The van der Waals surface area contributed by atoms with Gasteiger partial charge in [0.25, 0.3) is 0 Å². The van der Waals surface area contributed by atoms with Crippen molar-refractivity contribution in [1.29, 1.82) is 0 Å². The molecule has 0 saturated heterocycles. The third kappa shape index (κ3) is 2.51. The molecule has 0 spiro atoms. The quantitative estimate of drug-likeness (QED) is 0.839. The van der Waals surface area contributed by atoms with E-state index in [1.807, 2.05) is 32.0 Å². The summed E-state index contributed by atoms with van der Waals surface area (Å²) in [5.74, 6) is 0.699. The minimum absolute atomic E-state index is 0.116. The number of nitrogens with zero attached hydrogens (tertiary/aromatic N) is 2. The Hall–Kier alpha value is -1.13. The Bertz CT molecular complexity index is 471. The maximum atomic E-state index is 6.12. The highest BCUT2D eigenvalue weighted by Gasteiger charge is 2.07. The SMILES string of the molecule is CC(C)Oc1ccc(-c2nncs2)cc1Cl. The second-order valence-corrected chi connectivity index (χ2v) is 4.80. The van der Waals surface area contributed by atoms with Crippen LogP contribution in [0, 0.1) is 0 Å². The van der Waals surface area contributed by atoms with Gasteiger partial charge in [-0.1, -0.05) is 22.9 Å². The molecule has 5 heteroatoms. The maximum Gasteiger partial charge on any atom is 0.147 e. The van der Waals surface area contributed by atoms with E-state index in [9.17, 15) is 0 Å². The molecule has 0 amide bonds. The Kier molecular flexibility index (Phi) is 3.41. The molecule has 16 heavy (non-hydrogen) atoms. The van der Waals surface area contributed by atoms with Crippen molar-refractivity contribution in [2.24, 2.45) is 0 Å². The molecule has 0 saturated carbocycles.